The van der Waals surface area contributed by atoms with E-state index in [1.807, 2.05) is 4.90 Å². The summed E-state index contributed by atoms with van der Waals surface area (Å²) in [5, 5.41) is 8.28. The van der Waals surface area contributed by atoms with Crippen LogP contribution in [-0.4, -0.2) is 106 Å². The topological polar surface area (TPSA) is 164 Å². The predicted octanol–water partition coefficient (Wildman–Crippen LogP) is 0.298. The fourth-order valence-electron chi connectivity index (χ4n) is 5.22. The Morgan fingerprint density at radius 1 is 0.977 bits per heavy atom. The first-order chi connectivity index (χ1) is 20.3. The van der Waals surface area contributed by atoms with E-state index in [9.17, 15) is 27.6 Å². The molecule has 2 fully saturated rings. The maximum absolute atomic E-state index is 13.7. The second-order valence-electron chi connectivity index (χ2n) is 11.8. The van der Waals surface area contributed by atoms with Gasteiger partial charge in [-0.05, 0) is 57.2 Å². The molecule has 3 amide bonds. The molecular weight excluding hydrogens is 576 g/mol. The Balaban J connectivity index is 1.47. The highest BCUT2D eigenvalue weighted by Crippen LogP contribution is 2.31. The molecule has 0 aromatic heterocycles. The zero-order valence-corrected chi connectivity index (χ0v) is 25.8. The average Bonchev–Trinajstić information content (AvgIpc) is 3.50. The third-order valence-corrected chi connectivity index (χ3v) is 9.13. The second-order valence-corrected chi connectivity index (χ2v) is 13.8. The number of Topliss-reactive ketones (excluding diaryl/α,β-unsaturated/α-hetero) is 1. The molecule has 1 aliphatic carbocycles. The Bertz CT molecular complexity index is 1330. The number of sulfone groups is 1. The normalized spacial score (nSPS) is 22.5. The molecule has 0 saturated carbocycles. The number of carbonyl (C=O) groups excluding carboxylic acids is 4. The number of ether oxygens (including phenoxy) is 2. The van der Waals surface area contributed by atoms with Gasteiger partial charge >= 0.3 is 0 Å². The van der Waals surface area contributed by atoms with E-state index in [1.54, 1.807) is 19.1 Å². The van der Waals surface area contributed by atoms with Crippen molar-refractivity contribution < 1.29 is 37.1 Å². The van der Waals surface area contributed by atoms with Crippen molar-refractivity contribution >= 4 is 33.3 Å². The van der Waals surface area contributed by atoms with E-state index >= 15 is 0 Å². The highest BCUT2D eigenvalue weighted by atomic mass is 32.2. The lowest BCUT2D eigenvalue weighted by Crippen LogP contribution is -2.57. The Kier molecular flexibility index (Phi) is 10.8. The maximum atomic E-state index is 13.7. The third kappa shape index (κ3) is 9.43. The van der Waals surface area contributed by atoms with E-state index in [2.05, 4.69) is 22.0 Å². The van der Waals surface area contributed by atoms with Gasteiger partial charge in [-0.3, -0.25) is 24.1 Å². The standard InChI is InChI=1S/C30H42N4O8S/c1-20(31-26(35)18-34-12-14-41-15-13-34)28(37)33-25(17-22-8-10-23(11-9-22)43(3,39)40)29(38)32-24(16-21-6-4-5-7-21)27(36)30(2)19-42-30/h6,8-11,20,24-25H,4-5,7,12-19H2,1-3H3,(H,31,35)(H,32,38)(H,33,37). The van der Waals surface area contributed by atoms with Crippen LogP contribution in [0.3, 0.4) is 0 Å². The van der Waals surface area contributed by atoms with Crippen LogP contribution in [0.15, 0.2) is 40.8 Å². The molecule has 0 radical (unpaired) electrons. The second kappa shape index (κ2) is 14.1. The monoisotopic (exact) mass is 618 g/mol. The number of allylic oxidation sites excluding steroid dienone is 1. The maximum Gasteiger partial charge on any atom is 0.243 e. The van der Waals surface area contributed by atoms with E-state index in [4.69, 9.17) is 9.47 Å². The van der Waals surface area contributed by atoms with Gasteiger partial charge in [-0.25, -0.2) is 8.42 Å². The van der Waals surface area contributed by atoms with Gasteiger partial charge in [0.05, 0.1) is 37.3 Å². The third-order valence-electron chi connectivity index (χ3n) is 8.00. The van der Waals surface area contributed by atoms with Gasteiger partial charge in [-0.1, -0.05) is 23.8 Å². The van der Waals surface area contributed by atoms with Crippen LogP contribution < -0.4 is 16.0 Å². The molecule has 1 aromatic rings. The summed E-state index contributed by atoms with van der Waals surface area (Å²) in [5.74, 6) is -1.68. The van der Waals surface area contributed by atoms with Crippen LogP contribution in [0, 0.1) is 0 Å². The minimum Gasteiger partial charge on any atom is -0.379 e. The van der Waals surface area contributed by atoms with Gasteiger partial charge in [0.1, 0.15) is 17.7 Å². The molecule has 236 valence electrons. The van der Waals surface area contributed by atoms with Crippen molar-refractivity contribution in [2.24, 2.45) is 0 Å². The van der Waals surface area contributed by atoms with Crippen molar-refractivity contribution in [3.05, 3.63) is 41.5 Å². The van der Waals surface area contributed by atoms with E-state index in [-0.39, 0.29) is 36.2 Å². The molecule has 4 rings (SSSR count). The van der Waals surface area contributed by atoms with Crippen LogP contribution >= 0.6 is 0 Å². The van der Waals surface area contributed by atoms with Gasteiger partial charge in [-0.2, -0.15) is 0 Å². The Labute approximate surface area is 252 Å². The van der Waals surface area contributed by atoms with Crippen molar-refractivity contribution in [2.45, 2.75) is 74.6 Å². The number of ketones is 1. The zero-order valence-electron chi connectivity index (χ0n) is 25.0. The summed E-state index contributed by atoms with van der Waals surface area (Å²) in [6, 6.07) is 3.19. The van der Waals surface area contributed by atoms with Crippen molar-refractivity contribution in [1.82, 2.24) is 20.9 Å². The molecule has 13 heteroatoms. The fourth-order valence-corrected chi connectivity index (χ4v) is 5.85. The molecule has 1 aromatic carbocycles. The van der Waals surface area contributed by atoms with Crippen LogP contribution in [-0.2, 0) is 44.9 Å². The molecule has 2 aliphatic heterocycles. The van der Waals surface area contributed by atoms with Gasteiger partial charge in [-0.15, -0.1) is 0 Å². The van der Waals surface area contributed by atoms with Crippen LogP contribution in [0.2, 0.25) is 0 Å². The first-order valence-electron chi connectivity index (χ1n) is 14.7. The minimum absolute atomic E-state index is 0.0352. The molecule has 3 aliphatic rings. The summed E-state index contributed by atoms with van der Waals surface area (Å²) < 4.78 is 34.5. The summed E-state index contributed by atoms with van der Waals surface area (Å²) in [7, 11) is -3.42. The van der Waals surface area contributed by atoms with Crippen LogP contribution in [0.5, 0.6) is 0 Å². The highest BCUT2D eigenvalue weighted by Gasteiger charge is 2.50. The average molecular weight is 619 g/mol. The number of rotatable bonds is 14. The van der Waals surface area contributed by atoms with Gasteiger partial charge in [0, 0.05) is 25.8 Å². The number of epoxide rings is 1. The Morgan fingerprint density at radius 3 is 2.21 bits per heavy atom. The molecule has 0 bridgehead atoms. The number of benzene rings is 1. The van der Waals surface area contributed by atoms with Gasteiger partial charge < -0.3 is 25.4 Å². The lowest BCUT2D eigenvalue weighted by Gasteiger charge is -2.27. The lowest BCUT2D eigenvalue weighted by molar-refractivity contribution is -0.134. The molecule has 2 saturated heterocycles. The molecule has 43 heavy (non-hydrogen) atoms. The van der Waals surface area contributed by atoms with Crippen LogP contribution in [0.4, 0.5) is 0 Å². The van der Waals surface area contributed by atoms with Crippen molar-refractivity contribution in [3.8, 4) is 0 Å². The van der Waals surface area contributed by atoms with Crippen LogP contribution in [0.25, 0.3) is 0 Å². The number of nitrogens with zero attached hydrogens (tertiary/aromatic N) is 1. The molecule has 4 atom stereocenters. The largest absolute Gasteiger partial charge is 0.379 e. The molecule has 3 N–H and O–H groups in total. The lowest BCUT2D eigenvalue weighted by atomic mass is 9.94. The molecular formula is C30H42N4O8S. The van der Waals surface area contributed by atoms with Crippen molar-refractivity contribution in [2.75, 3.05) is 45.7 Å². The number of carbonyl (C=O) groups is 4. The molecule has 2 heterocycles. The van der Waals surface area contributed by atoms with E-state index < -0.39 is 45.4 Å². The fraction of sp³-hybridized carbons (Fsp3) is 0.600. The quantitative estimate of drug-likeness (QED) is 0.197. The SMILES string of the molecule is CC(NC(=O)CN1CCOCC1)C(=O)NC(Cc1ccc(S(C)(=O)=O)cc1)C(=O)NC(CC1=CCCC1)C(=O)C1(C)CO1. The Hall–Kier alpha value is -3.13. The Morgan fingerprint density at radius 2 is 1.63 bits per heavy atom. The smallest absolute Gasteiger partial charge is 0.243 e. The summed E-state index contributed by atoms with van der Waals surface area (Å²) in [5.41, 5.74) is 0.753. The number of nitrogens with one attached hydrogen (secondary N) is 3. The summed E-state index contributed by atoms with van der Waals surface area (Å²) in [6.45, 7) is 5.96. The summed E-state index contributed by atoms with van der Waals surface area (Å²) >= 11 is 0. The molecule has 0 spiro atoms. The number of hydrogen-bond acceptors (Lipinski definition) is 9. The number of hydrogen-bond donors (Lipinski definition) is 3. The number of amides is 3. The highest BCUT2D eigenvalue weighted by molar-refractivity contribution is 7.90. The first-order valence-corrected chi connectivity index (χ1v) is 16.6. The van der Waals surface area contributed by atoms with E-state index in [1.165, 1.54) is 19.1 Å². The predicted molar refractivity (Wildman–Crippen MR) is 158 cm³/mol. The zero-order chi connectivity index (χ0) is 31.2. The van der Waals surface area contributed by atoms with Gasteiger partial charge in [0.25, 0.3) is 0 Å². The molecule has 4 unspecified atom stereocenters. The van der Waals surface area contributed by atoms with E-state index in [0.29, 0.717) is 38.3 Å². The van der Waals surface area contributed by atoms with Gasteiger partial charge in [0.2, 0.25) is 17.7 Å². The first kappa shape index (κ1) is 32.8. The summed E-state index contributed by atoms with van der Waals surface area (Å²) in [6.07, 6.45) is 6.37. The van der Waals surface area contributed by atoms with Crippen molar-refractivity contribution in [3.63, 3.8) is 0 Å². The minimum atomic E-state index is -3.42. The summed E-state index contributed by atoms with van der Waals surface area (Å²) in [4.78, 5) is 54.9. The van der Waals surface area contributed by atoms with Gasteiger partial charge in [0.15, 0.2) is 15.6 Å². The van der Waals surface area contributed by atoms with E-state index in [0.717, 1.165) is 31.1 Å². The van der Waals surface area contributed by atoms with Crippen molar-refractivity contribution in [1.29, 1.82) is 0 Å². The molecule has 12 nitrogen and oxygen atoms in total. The van der Waals surface area contributed by atoms with Crippen LogP contribution in [0.1, 0.15) is 45.1 Å². The number of morpholine rings is 1.